The third kappa shape index (κ3) is 4.32. The minimum atomic E-state index is -3.85. The molecule has 0 spiro atoms. The lowest BCUT2D eigenvalue weighted by Gasteiger charge is -2.22. The zero-order valence-corrected chi connectivity index (χ0v) is 16.7. The Balaban J connectivity index is 1.89. The molecule has 0 aliphatic heterocycles. The molecule has 0 unspecified atom stereocenters. The van der Waals surface area contributed by atoms with Crippen LogP contribution in [0.15, 0.2) is 65.0 Å². The molecule has 3 rings (SSSR count). The maximum absolute atomic E-state index is 13.2. The van der Waals surface area contributed by atoms with Gasteiger partial charge in [-0.2, -0.15) is 0 Å². The summed E-state index contributed by atoms with van der Waals surface area (Å²) < 4.78 is 32.9. The van der Waals surface area contributed by atoms with Crippen molar-refractivity contribution in [1.82, 2.24) is 4.98 Å². The van der Waals surface area contributed by atoms with E-state index in [1.165, 1.54) is 39.9 Å². The highest BCUT2D eigenvalue weighted by Crippen LogP contribution is 2.26. The molecule has 0 radical (unpaired) electrons. The van der Waals surface area contributed by atoms with Crippen molar-refractivity contribution in [3.8, 4) is 5.75 Å². The molecule has 2 aromatic carbocycles. The van der Waals surface area contributed by atoms with Crippen molar-refractivity contribution in [2.24, 2.45) is 5.73 Å². The summed E-state index contributed by atoms with van der Waals surface area (Å²) in [4.78, 5) is 15.5. The highest BCUT2D eigenvalue weighted by molar-refractivity contribution is 7.93. The van der Waals surface area contributed by atoms with Crippen LogP contribution in [-0.4, -0.2) is 33.0 Å². The van der Waals surface area contributed by atoms with Crippen LogP contribution in [0.4, 0.5) is 5.13 Å². The van der Waals surface area contributed by atoms with Crippen molar-refractivity contribution < 1.29 is 17.9 Å². The number of rotatable bonds is 8. The molecular formula is C19H19N3O4S2. The number of sulfonamides is 1. The van der Waals surface area contributed by atoms with E-state index in [0.717, 1.165) is 5.56 Å². The van der Waals surface area contributed by atoms with E-state index in [4.69, 9.17) is 10.5 Å². The van der Waals surface area contributed by atoms with Gasteiger partial charge in [0.25, 0.3) is 10.0 Å². The van der Waals surface area contributed by atoms with Gasteiger partial charge in [-0.25, -0.2) is 17.7 Å². The highest BCUT2D eigenvalue weighted by Gasteiger charge is 2.26. The van der Waals surface area contributed by atoms with Crippen molar-refractivity contribution in [2.75, 3.05) is 18.0 Å². The molecule has 0 atom stereocenters. The summed E-state index contributed by atoms with van der Waals surface area (Å²) in [6.45, 7) is 0.209. The number of benzene rings is 2. The molecule has 28 heavy (non-hydrogen) atoms. The van der Waals surface area contributed by atoms with Crippen LogP contribution in [0.5, 0.6) is 5.75 Å². The number of nitrogens with two attached hydrogens (primary N) is 1. The predicted octanol–water partition coefficient (Wildman–Crippen LogP) is 2.69. The molecular weight excluding hydrogens is 398 g/mol. The molecule has 0 aliphatic rings. The van der Waals surface area contributed by atoms with E-state index in [1.54, 1.807) is 18.7 Å². The largest absolute Gasteiger partial charge is 0.497 e. The van der Waals surface area contributed by atoms with Crippen LogP contribution in [-0.2, 0) is 16.4 Å². The zero-order valence-electron chi connectivity index (χ0n) is 15.1. The first-order chi connectivity index (χ1) is 13.4. The van der Waals surface area contributed by atoms with Crippen LogP contribution in [0.2, 0.25) is 0 Å². The minimum absolute atomic E-state index is 0.0679. The Bertz CT molecular complexity index is 1050. The fourth-order valence-electron chi connectivity index (χ4n) is 2.63. The minimum Gasteiger partial charge on any atom is -0.497 e. The topological polar surface area (TPSA) is 103 Å². The maximum Gasteiger partial charge on any atom is 0.266 e. The van der Waals surface area contributed by atoms with Gasteiger partial charge in [-0.1, -0.05) is 12.1 Å². The number of anilines is 1. The van der Waals surface area contributed by atoms with Gasteiger partial charge in [0, 0.05) is 23.7 Å². The van der Waals surface area contributed by atoms with Crippen LogP contribution in [0.3, 0.4) is 0 Å². The van der Waals surface area contributed by atoms with E-state index in [-0.39, 0.29) is 17.0 Å². The molecule has 0 saturated carbocycles. The molecule has 0 bridgehead atoms. The fraction of sp³-hybridized carbons (Fsp3) is 0.158. The lowest BCUT2D eigenvalue weighted by atomic mass is 10.1. The van der Waals surface area contributed by atoms with Crippen LogP contribution in [0.1, 0.15) is 15.9 Å². The van der Waals surface area contributed by atoms with E-state index in [1.807, 2.05) is 24.3 Å². The van der Waals surface area contributed by atoms with Crippen LogP contribution in [0, 0.1) is 0 Å². The Hall–Kier alpha value is -2.91. The molecule has 0 aliphatic carbocycles. The average Bonchev–Trinajstić information content (AvgIpc) is 3.22. The first-order valence-electron chi connectivity index (χ1n) is 8.37. The second-order valence-corrected chi connectivity index (χ2v) is 8.62. The number of primary amides is 1. The van der Waals surface area contributed by atoms with Crippen LogP contribution in [0.25, 0.3) is 0 Å². The Morgan fingerprint density at radius 3 is 2.57 bits per heavy atom. The molecule has 7 nitrogen and oxygen atoms in total. The molecule has 1 heterocycles. The molecule has 146 valence electrons. The number of amides is 1. The first kappa shape index (κ1) is 19.8. The smallest absolute Gasteiger partial charge is 0.266 e. The lowest BCUT2D eigenvalue weighted by Crippen LogP contribution is -2.33. The second-order valence-electron chi connectivity index (χ2n) is 5.88. The normalized spacial score (nSPS) is 11.2. The van der Waals surface area contributed by atoms with Crippen molar-refractivity contribution >= 4 is 32.4 Å². The molecule has 0 saturated heterocycles. The second kappa shape index (κ2) is 8.41. The number of hydrogen-bond acceptors (Lipinski definition) is 6. The Labute approximate surface area is 167 Å². The summed E-state index contributed by atoms with van der Waals surface area (Å²) in [5.74, 6) is 0.0990. The van der Waals surface area contributed by atoms with E-state index >= 15 is 0 Å². The van der Waals surface area contributed by atoms with Gasteiger partial charge < -0.3 is 10.5 Å². The standard InChI is InChI=1S/C19H19N3O4S2/c1-26-16-4-2-3-14(13-16)9-11-22(19-21-10-12-27-19)28(24,25)17-7-5-15(6-8-17)18(20)23/h2-8,10,12-13H,9,11H2,1H3,(H2,20,23). The molecule has 1 amide bonds. The van der Waals surface area contributed by atoms with E-state index < -0.39 is 15.9 Å². The number of ether oxygens (including phenoxy) is 1. The summed E-state index contributed by atoms with van der Waals surface area (Å²) in [5, 5.41) is 2.10. The summed E-state index contributed by atoms with van der Waals surface area (Å²) in [6.07, 6.45) is 2.04. The molecule has 3 aromatic rings. The van der Waals surface area contributed by atoms with Crippen molar-refractivity contribution in [1.29, 1.82) is 0 Å². The number of hydrogen-bond donors (Lipinski definition) is 1. The summed E-state index contributed by atoms with van der Waals surface area (Å²) in [5.41, 5.74) is 6.42. The number of carbonyl (C=O) groups excluding carboxylic acids is 1. The van der Waals surface area contributed by atoms with Gasteiger partial charge in [0.1, 0.15) is 5.75 Å². The number of nitrogens with zero attached hydrogens (tertiary/aromatic N) is 2. The van der Waals surface area contributed by atoms with Gasteiger partial charge in [0.15, 0.2) is 5.13 Å². The van der Waals surface area contributed by atoms with Crippen molar-refractivity contribution in [2.45, 2.75) is 11.3 Å². The van der Waals surface area contributed by atoms with E-state index in [9.17, 15) is 13.2 Å². The van der Waals surface area contributed by atoms with E-state index in [2.05, 4.69) is 4.98 Å². The van der Waals surface area contributed by atoms with Gasteiger partial charge in [0.2, 0.25) is 5.91 Å². The quantitative estimate of drug-likeness (QED) is 0.607. The van der Waals surface area contributed by atoms with Crippen molar-refractivity contribution in [3.63, 3.8) is 0 Å². The molecule has 1 aromatic heterocycles. The van der Waals surface area contributed by atoms with Gasteiger partial charge in [-0.3, -0.25) is 4.79 Å². The summed E-state index contributed by atoms with van der Waals surface area (Å²) >= 11 is 1.24. The summed E-state index contributed by atoms with van der Waals surface area (Å²) in [7, 11) is -2.27. The van der Waals surface area contributed by atoms with Gasteiger partial charge >= 0.3 is 0 Å². The molecule has 2 N–H and O–H groups in total. The van der Waals surface area contributed by atoms with Crippen LogP contribution < -0.4 is 14.8 Å². The van der Waals surface area contributed by atoms with Crippen LogP contribution >= 0.6 is 11.3 Å². The predicted molar refractivity (Wildman–Crippen MR) is 108 cm³/mol. The monoisotopic (exact) mass is 417 g/mol. The van der Waals surface area contributed by atoms with Gasteiger partial charge in [-0.05, 0) is 48.4 Å². The van der Waals surface area contributed by atoms with Gasteiger partial charge in [-0.15, -0.1) is 11.3 Å². The number of thiazole rings is 1. The fourth-order valence-corrected chi connectivity index (χ4v) is 4.95. The highest BCUT2D eigenvalue weighted by atomic mass is 32.2. The van der Waals surface area contributed by atoms with Crippen molar-refractivity contribution in [3.05, 3.63) is 71.2 Å². The molecule has 0 fully saturated rings. The SMILES string of the molecule is COc1cccc(CCN(c2nccs2)S(=O)(=O)c2ccc(C(N)=O)cc2)c1. The third-order valence-electron chi connectivity index (χ3n) is 4.10. The number of carbonyl (C=O) groups is 1. The first-order valence-corrected chi connectivity index (χ1v) is 10.7. The Morgan fingerprint density at radius 1 is 1.21 bits per heavy atom. The zero-order chi connectivity index (χ0) is 20.1. The molecule has 9 heteroatoms. The number of methoxy groups -OCH3 is 1. The third-order valence-corrected chi connectivity index (χ3v) is 6.81. The maximum atomic E-state index is 13.2. The average molecular weight is 418 g/mol. The Kier molecular flexibility index (Phi) is 5.96. The summed E-state index contributed by atoms with van der Waals surface area (Å²) in [6, 6.07) is 13.0. The van der Waals surface area contributed by atoms with E-state index in [0.29, 0.717) is 17.3 Å². The lowest BCUT2D eigenvalue weighted by molar-refractivity contribution is 0.1000. The van der Waals surface area contributed by atoms with Gasteiger partial charge in [0.05, 0.1) is 12.0 Å². The Morgan fingerprint density at radius 2 is 1.96 bits per heavy atom. The number of aromatic nitrogens is 1.